The molecule has 0 aliphatic heterocycles. The van der Waals surface area contributed by atoms with Crippen molar-refractivity contribution in [3.63, 3.8) is 0 Å². The second kappa shape index (κ2) is 5.13. The third kappa shape index (κ3) is 2.53. The van der Waals surface area contributed by atoms with Crippen LogP contribution in [0.15, 0.2) is 41.8 Å². The van der Waals surface area contributed by atoms with Crippen LogP contribution in [0.1, 0.15) is 18.9 Å². The Morgan fingerprint density at radius 3 is 2.74 bits per heavy atom. The third-order valence-electron chi connectivity index (χ3n) is 3.31. The summed E-state index contributed by atoms with van der Waals surface area (Å²) in [5.41, 5.74) is 0. The van der Waals surface area contributed by atoms with E-state index in [1.165, 1.54) is 0 Å². The van der Waals surface area contributed by atoms with E-state index in [4.69, 9.17) is 4.74 Å². The summed E-state index contributed by atoms with van der Waals surface area (Å²) >= 11 is 0. The van der Waals surface area contributed by atoms with Crippen molar-refractivity contribution in [2.24, 2.45) is 0 Å². The van der Waals surface area contributed by atoms with Gasteiger partial charge >= 0.3 is 0 Å². The Balaban J connectivity index is 1.61. The highest BCUT2D eigenvalue weighted by molar-refractivity contribution is 7.84. The van der Waals surface area contributed by atoms with Gasteiger partial charge in [0.1, 0.15) is 18.2 Å². The second-order valence-electron chi connectivity index (χ2n) is 4.65. The third-order valence-corrected chi connectivity index (χ3v) is 4.11. The molecule has 3 rings (SSSR count). The molecule has 0 saturated heterocycles. The number of nitrogens with zero attached hydrogens (tertiary/aromatic N) is 3. The van der Waals surface area contributed by atoms with Gasteiger partial charge in [0.2, 0.25) is 5.16 Å². The summed E-state index contributed by atoms with van der Waals surface area (Å²) in [5, 5.41) is 8.28. The average Bonchev–Trinajstić information content (AvgIpc) is 2.83. The van der Waals surface area contributed by atoms with Crippen molar-refractivity contribution in [1.29, 1.82) is 0 Å². The SMILES string of the molecule is CS(=O)c1nncn1C1CC(Oc2ccccc2)C1. The van der Waals surface area contributed by atoms with E-state index in [1.54, 1.807) is 12.6 Å². The summed E-state index contributed by atoms with van der Waals surface area (Å²) < 4.78 is 19.3. The maximum atomic E-state index is 11.5. The number of benzene rings is 1. The Bertz CT molecular complexity index is 579. The predicted octanol–water partition coefficient (Wildman–Crippen LogP) is 1.80. The first-order valence-corrected chi connectivity index (χ1v) is 7.74. The Morgan fingerprint density at radius 2 is 2.05 bits per heavy atom. The molecule has 0 bridgehead atoms. The molecule has 0 N–H and O–H groups in total. The maximum Gasteiger partial charge on any atom is 0.221 e. The summed E-state index contributed by atoms with van der Waals surface area (Å²) in [5.74, 6) is 0.897. The minimum atomic E-state index is -1.10. The molecule has 100 valence electrons. The zero-order valence-corrected chi connectivity index (χ0v) is 11.4. The van der Waals surface area contributed by atoms with Gasteiger partial charge in [-0.2, -0.15) is 0 Å². The normalized spacial score (nSPS) is 23.6. The summed E-state index contributed by atoms with van der Waals surface area (Å²) in [4.78, 5) is 0. The molecule has 1 aromatic heterocycles. The highest BCUT2D eigenvalue weighted by Gasteiger charge is 2.34. The number of para-hydroxylation sites is 1. The van der Waals surface area contributed by atoms with Crippen molar-refractivity contribution in [3.05, 3.63) is 36.7 Å². The molecule has 6 heteroatoms. The number of aromatic nitrogens is 3. The molecular weight excluding hydrogens is 262 g/mol. The standard InChI is InChI=1S/C13H15N3O2S/c1-19(17)13-15-14-9-16(13)10-7-12(8-10)18-11-5-3-2-4-6-11/h2-6,9-10,12H,7-8H2,1H3. The molecule has 5 nitrogen and oxygen atoms in total. The minimum absolute atomic E-state index is 0.216. The van der Waals surface area contributed by atoms with E-state index < -0.39 is 10.8 Å². The Morgan fingerprint density at radius 1 is 1.32 bits per heavy atom. The topological polar surface area (TPSA) is 57.0 Å². The molecule has 1 heterocycles. The van der Waals surface area contributed by atoms with Gasteiger partial charge in [0.15, 0.2) is 0 Å². The van der Waals surface area contributed by atoms with Crippen LogP contribution < -0.4 is 4.74 Å². The van der Waals surface area contributed by atoms with Crippen LogP contribution in [-0.4, -0.2) is 31.3 Å². The summed E-state index contributed by atoms with van der Waals surface area (Å²) in [6.07, 6.45) is 5.29. The van der Waals surface area contributed by atoms with E-state index in [0.29, 0.717) is 11.2 Å². The lowest BCUT2D eigenvalue weighted by Crippen LogP contribution is -2.36. The first-order valence-electron chi connectivity index (χ1n) is 6.18. The Kier molecular flexibility index (Phi) is 3.33. The lowest BCUT2D eigenvalue weighted by Gasteiger charge is -2.36. The van der Waals surface area contributed by atoms with E-state index in [0.717, 1.165) is 18.6 Å². The van der Waals surface area contributed by atoms with Gasteiger partial charge in [-0.05, 0) is 12.1 Å². The van der Waals surface area contributed by atoms with Gasteiger partial charge in [0.05, 0.1) is 10.8 Å². The zero-order chi connectivity index (χ0) is 13.2. The lowest BCUT2D eigenvalue weighted by atomic mass is 9.89. The molecule has 2 aromatic rings. The number of hydrogen-bond donors (Lipinski definition) is 0. The molecule has 1 fully saturated rings. The van der Waals surface area contributed by atoms with Crippen LogP contribution in [0.25, 0.3) is 0 Å². The van der Waals surface area contributed by atoms with Gasteiger partial charge in [0.25, 0.3) is 0 Å². The molecule has 1 atom stereocenters. The highest BCUT2D eigenvalue weighted by atomic mass is 32.2. The molecule has 1 aromatic carbocycles. The zero-order valence-electron chi connectivity index (χ0n) is 10.6. The van der Waals surface area contributed by atoms with Crippen LogP contribution in [-0.2, 0) is 10.8 Å². The molecular formula is C13H15N3O2S. The number of ether oxygens (including phenoxy) is 1. The number of hydrogen-bond acceptors (Lipinski definition) is 4. The fourth-order valence-corrected chi connectivity index (χ4v) is 2.90. The molecule has 0 radical (unpaired) electrons. The van der Waals surface area contributed by atoms with E-state index in [-0.39, 0.29) is 6.10 Å². The first-order chi connectivity index (χ1) is 9.24. The number of rotatable bonds is 4. The molecule has 1 aliphatic carbocycles. The van der Waals surface area contributed by atoms with Crippen molar-refractivity contribution < 1.29 is 8.95 Å². The quantitative estimate of drug-likeness (QED) is 0.855. The molecule has 1 unspecified atom stereocenters. The van der Waals surface area contributed by atoms with E-state index in [2.05, 4.69) is 10.2 Å². The predicted molar refractivity (Wildman–Crippen MR) is 71.5 cm³/mol. The van der Waals surface area contributed by atoms with Crippen molar-refractivity contribution in [1.82, 2.24) is 14.8 Å². The Hall–Kier alpha value is -1.69. The Labute approximate surface area is 114 Å². The van der Waals surface area contributed by atoms with Crippen LogP contribution in [0.5, 0.6) is 5.75 Å². The smallest absolute Gasteiger partial charge is 0.221 e. The lowest BCUT2D eigenvalue weighted by molar-refractivity contribution is 0.0663. The molecule has 1 aliphatic rings. The van der Waals surface area contributed by atoms with Gasteiger partial charge in [0, 0.05) is 25.1 Å². The second-order valence-corrected chi connectivity index (χ2v) is 5.93. The van der Waals surface area contributed by atoms with Crippen LogP contribution in [0.4, 0.5) is 0 Å². The average molecular weight is 277 g/mol. The van der Waals surface area contributed by atoms with Gasteiger partial charge in [-0.3, -0.25) is 4.21 Å². The van der Waals surface area contributed by atoms with Crippen molar-refractivity contribution >= 4 is 10.8 Å². The van der Waals surface area contributed by atoms with Gasteiger partial charge < -0.3 is 9.30 Å². The van der Waals surface area contributed by atoms with Crippen LogP contribution >= 0.6 is 0 Å². The van der Waals surface area contributed by atoms with Gasteiger partial charge in [-0.15, -0.1) is 10.2 Å². The fourth-order valence-electron chi connectivity index (χ4n) is 2.24. The highest BCUT2D eigenvalue weighted by Crippen LogP contribution is 2.36. The van der Waals surface area contributed by atoms with Crippen molar-refractivity contribution in [2.75, 3.05) is 6.26 Å². The summed E-state index contributed by atoms with van der Waals surface area (Å²) in [6.45, 7) is 0. The molecule has 1 saturated carbocycles. The van der Waals surface area contributed by atoms with E-state index in [9.17, 15) is 4.21 Å². The minimum Gasteiger partial charge on any atom is -0.490 e. The summed E-state index contributed by atoms with van der Waals surface area (Å²) in [7, 11) is -1.10. The van der Waals surface area contributed by atoms with E-state index >= 15 is 0 Å². The van der Waals surface area contributed by atoms with E-state index in [1.807, 2.05) is 34.9 Å². The van der Waals surface area contributed by atoms with Crippen LogP contribution in [0, 0.1) is 0 Å². The van der Waals surface area contributed by atoms with Crippen LogP contribution in [0.2, 0.25) is 0 Å². The van der Waals surface area contributed by atoms with Crippen molar-refractivity contribution in [2.45, 2.75) is 30.1 Å². The molecule has 0 amide bonds. The fraction of sp³-hybridized carbons (Fsp3) is 0.385. The van der Waals surface area contributed by atoms with Crippen LogP contribution in [0.3, 0.4) is 0 Å². The summed E-state index contributed by atoms with van der Waals surface area (Å²) in [6, 6.07) is 10.1. The largest absolute Gasteiger partial charge is 0.490 e. The van der Waals surface area contributed by atoms with Gasteiger partial charge in [-0.1, -0.05) is 18.2 Å². The maximum absolute atomic E-state index is 11.5. The van der Waals surface area contributed by atoms with Gasteiger partial charge in [-0.25, -0.2) is 0 Å². The monoisotopic (exact) mass is 277 g/mol. The molecule has 0 spiro atoms. The first kappa shape index (κ1) is 12.3. The van der Waals surface area contributed by atoms with Crippen molar-refractivity contribution in [3.8, 4) is 5.75 Å². The molecule has 19 heavy (non-hydrogen) atoms.